The van der Waals surface area contributed by atoms with Gasteiger partial charge in [0.15, 0.2) is 5.69 Å². The van der Waals surface area contributed by atoms with Crippen molar-refractivity contribution in [3.63, 3.8) is 0 Å². The van der Waals surface area contributed by atoms with Crippen LogP contribution in [0.3, 0.4) is 0 Å². The Morgan fingerprint density at radius 2 is 1.77 bits per heavy atom. The number of carbonyl (C=O) groups excluding carboxylic acids is 1. The van der Waals surface area contributed by atoms with Crippen LogP contribution in [0, 0.1) is 0 Å². The molecule has 3 aliphatic heterocycles. The molecule has 1 saturated carbocycles. The molecule has 1 aromatic rings. The monoisotopic (exact) mass is 451 g/mol. The molecule has 1 amide bonds. The van der Waals surface area contributed by atoms with Gasteiger partial charge in [-0.1, -0.05) is 5.16 Å². The normalized spacial score (nSPS) is 35.4. The number of nitrogens with zero attached hydrogens (tertiary/aromatic N) is 4. The van der Waals surface area contributed by atoms with Crippen LogP contribution in [-0.4, -0.2) is 83.3 Å². The molecule has 3 saturated heterocycles. The number of fused-ring (bicyclic) bond motifs is 2. The maximum atomic E-state index is 13.6. The van der Waals surface area contributed by atoms with Gasteiger partial charge in [-0.05, 0) is 59.4 Å². The minimum atomic E-state index is -3.53. The summed E-state index contributed by atoms with van der Waals surface area (Å²) in [6.45, 7) is 5.32. The van der Waals surface area contributed by atoms with Crippen LogP contribution in [0.4, 0.5) is 0 Å². The third-order valence-electron chi connectivity index (χ3n) is 7.55. The Hall–Kier alpha value is -1.49. The Kier molecular flexibility index (Phi) is 5.39. The van der Waals surface area contributed by atoms with Crippen molar-refractivity contribution in [3.8, 4) is 0 Å². The molecule has 5 rings (SSSR count). The molecule has 0 spiro atoms. The van der Waals surface area contributed by atoms with Crippen molar-refractivity contribution >= 4 is 16.1 Å². The van der Waals surface area contributed by atoms with Gasteiger partial charge in [0.05, 0.1) is 0 Å². The summed E-state index contributed by atoms with van der Waals surface area (Å²) in [5, 5.41) is 7.01. The first kappa shape index (κ1) is 21.4. The highest BCUT2D eigenvalue weighted by atomic mass is 32.2. The molecule has 172 valence electrons. The molecule has 0 aromatic carbocycles. The average Bonchev–Trinajstić information content (AvgIpc) is 3.36. The fourth-order valence-electron chi connectivity index (χ4n) is 5.55. The van der Waals surface area contributed by atoms with Crippen LogP contribution in [0.2, 0.25) is 0 Å². The lowest BCUT2D eigenvalue weighted by atomic mass is 9.99. The lowest BCUT2D eigenvalue weighted by molar-refractivity contribution is 0.0883. The van der Waals surface area contributed by atoms with Gasteiger partial charge in [-0.3, -0.25) is 4.79 Å². The van der Waals surface area contributed by atoms with E-state index in [9.17, 15) is 13.2 Å². The smallest absolute Gasteiger partial charge is 0.282 e. The summed E-state index contributed by atoms with van der Waals surface area (Å²) >= 11 is 0. The summed E-state index contributed by atoms with van der Waals surface area (Å²) in [5.74, 6) is 0.984. The van der Waals surface area contributed by atoms with Gasteiger partial charge < -0.3 is 14.7 Å². The Balaban J connectivity index is 1.25. The first-order valence-electron chi connectivity index (χ1n) is 11.5. The summed E-state index contributed by atoms with van der Waals surface area (Å²) in [4.78, 5) is 14.9. The third kappa shape index (κ3) is 3.92. The molecule has 2 unspecified atom stereocenters. The Morgan fingerprint density at radius 3 is 2.42 bits per heavy atom. The van der Waals surface area contributed by atoms with E-state index in [2.05, 4.69) is 22.3 Å². The molecular formula is C21H33N5O4S. The second-order valence-corrected chi connectivity index (χ2v) is 11.7. The molecule has 4 fully saturated rings. The highest BCUT2D eigenvalue weighted by molar-refractivity contribution is 7.86. The van der Waals surface area contributed by atoms with Crippen molar-refractivity contribution < 1.29 is 17.7 Å². The fraction of sp³-hybridized carbons (Fsp3) is 0.810. The molecule has 0 radical (unpaired) electrons. The molecule has 2 bridgehead atoms. The number of nitrogens with one attached hydrogen (secondary N) is 1. The Morgan fingerprint density at radius 1 is 1.10 bits per heavy atom. The van der Waals surface area contributed by atoms with E-state index < -0.39 is 10.2 Å². The van der Waals surface area contributed by atoms with Gasteiger partial charge >= 0.3 is 0 Å². The first-order valence-corrected chi connectivity index (χ1v) is 12.9. The lowest BCUT2D eigenvalue weighted by Gasteiger charge is -2.46. The molecule has 4 aliphatic rings. The van der Waals surface area contributed by atoms with Crippen LogP contribution in [0.5, 0.6) is 0 Å². The lowest BCUT2D eigenvalue weighted by Crippen LogP contribution is -2.62. The van der Waals surface area contributed by atoms with Gasteiger partial charge in [-0.15, -0.1) is 0 Å². The third-order valence-corrected chi connectivity index (χ3v) is 9.78. The van der Waals surface area contributed by atoms with Gasteiger partial charge in [0, 0.05) is 55.3 Å². The summed E-state index contributed by atoms with van der Waals surface area (Å²) in [6, 6.07) is 1.74. The van der Waals surface area contributed by atoms with Crippen LogP contribution in [0.15, 0.2) is 10.6 Å². The van der Waals surface area contributed by atoms with E-state index in [1.807, 2.05) is 14.0 Å². The summed E-state index contributed by atoms with van der Waals surface area (Å²) in [5.41, 5.74) is 0.324. The van der Waals surface area contributed by atoms with E-state index in [4.69, 9.17) is 4.52 Å². The standard InChI is InChI=1S/C21H33N5O4S/c1-13-12-25(14(2)11-24(13)3)31(28,29)26-17-6-7-18(26)9-16(8-17)22-21(27)19-10-20(30-23-19)15-4-5-15/h10,13-18H,4-9,11-12H2,1-3H3,(H,22,27)/t13?,14?,16-,17+,18-. The molecule has 5 atom stereocenters. The van der Waals surface area contributed by atoms with Crippen molar-refractivity contribution in [2.24, 2.45) is 0 Å². The molecule has 1 aromatic heterocycles. The topological polar surface area (TPSA) is 99.0 Å². The van der Waals surface area contributed by atoms with Crippen LogP contribution in [0.1, 0.15) is 74.5 Å². The minimum absolute atomic E-state index is 0.0404. The van der Waals surface area contributed by atoms with Crippen molar-refractivity contribution in [1.29, 1.82) is 0 Å². The Bertz CT molecular complexity index is 931. The van der Waals surface area contributed by atoms with Crippen LogP contribution in [0.25, 0.3) is 0 Å². The summed E-state index contributed by atoms with van der Waals surface area (Å²) in [7, 11) is -1.48. The molecule has 1 N–H and O–H groups in total. The number of amides is 1. The number of carbonyl (C=O) groups is 1. The van der Waals surface area contributed by atoms with Gasteiger partial charge in [-0.25, -0.2) is 0 Å². The fourth-order valence-corrected chi connectivity index (χ4v) is 7.86. The van der Waals surface area contributed by atoms with E-state index in [0.717, 1.165) is 38.0 Å². The van der Waals surface area contributed by atoms with E-state index in [1.54, 1.807) is 14.7 Å². The largest absolute Gasteiger partial charge is 0.360 e. The van der Waals surface area contributed by atoms with E-state index in [1.165, 1.54) is 0 Å². The van der Waals surface area contributed by atoms with Crippen molar-refractivity contribution in [2.45, 2.75) is 88.5 Å². The van der Waals surface area contributed by atoms with Crippen molar-refractivity contribution in [2.75, 3.05) is 20.1 Å². The second-order valence-electron chi connectivity index (χ2n) is 9.96. The van der Waals surface area contributed by atoms with E-state index in [0.29, 0.717) is 31.0 Å². The number of hydrogen-bond acceptors (Lipinski definition) is 6. The maximum absolute atomic E-state index is 13.6. The molecule has 1 aliphatic carbocycles. The van der Waals surface area contributed by atoms with E-state index >= 15 is 0 Å². The highest BCUT2D eigenvalue weighted by Crippen LogP contribution is 2.41. The molecule has 9 nitrogen and oxygen atoms in total. The zero-order valence-corrected chi connectivity index (χ0v) is 19.3. The molecule has 31 heavy (non-hydrogen) atoms. The predicted octanol–water partition coefficient (Wildman–Crippen LogP) is 1.55. The number of piperazine rings is 1. The Labute approximate surface area is 184 Å². The zero-order chi connectivity index (χ0) is 21.9. The molecular weight excluding hydrogens is 418 g/mol. The quantitative estimate of drug-likeness (QED) is 0.729. The van der Waals surface area contributed by atoms with Gasteiger partial charge in [0.1, 0.15) is 5.76 Å². The number of hydrogen-bond donors (Lipinski definition) is 1. The van der Waals surface area contributed by atoms with Crippen LogP contribution in [-0.2, 0) is 10.2 Å². The minimum Gasteiger partial charge on any atom is -0.360 e. The van der Waals surface area contributed by atoms with Crippen LogP contribution >= 0.6 is 0 Å². The zero-order valence-electron chi connectivity index (χ0n) is 18.5. The number of aromatic nitrogens is 1. The maximum Gasteiger partial charge on any atom is 0.282 e. The SMILES string of the molecule is CC1CN(S(=O)(=O)N2[C@@H]3CC[C@H]2C[C@@H](NC(=O)c2cc(C4CC4)on2)C3)C(C)CN1C. The average molecular weight is 452 g/mol. The van der Waals surface area contributed by atoms with Gasteiger partial charge in [0.2, 0.25) is 0 Å². The number of likely N-dealkylation sites (N-methyl/N-ethyl adjacent to an activating group) is 1. The summed E-state index contributed by atoms with van der Waals surface area (Å²) in [6.07, 6.45) is 5.18. The van der Waals surface area contributed by atoms with Crippen molar-refractivity contribution in [1.82, 2.24) is 24.0 Å². The number of piperidine rings is 1. The van der Waals surface area contributed by atoms with Crippen LogP contribution < -0.4 is 5.32 Å². The highest BCUT2D eigenvalue weighted by Gasteiger charge is 2.50. The van der Waals surface area contributed by atoms with E-state index in [-0.39, 0.29) is 36.1 Å². The van der Waals surface area contributed by atoms with Gasteiger partial charge in [-0.2, -0.15) is 17.0 Å². The summed E-state index contributed by atoms with van der Waals surface area (Å²) < 4.78 is 36.0. The van der Waals surface area contributed by atoms with Gasteiger partial charge in [0.25, 0.3) is 16.1 Å². The van der Waals surface area contributed by atoms with Crippen molar-refractivity contribution in [3.05, 3.63) is 17.5 Å². The molecule has 10 heteroatoms. The second kappa shape index (κ2) is 7.83. The first-order chi connectivity index (χ1) is 14.7. The number of rotatable bonds is 5. The molecule has 4 heterocycles. The predicted molar refractivity (Wildman–Crippen MR) is 115 cm³/mol.